The molecule has 0 aromatic heterocycles. The maximum atomic E-state index is 10.6. The second kappa shape index (κ2) is 11.0. The van der Waals surface area contributed by atoms with Crippen molar-refractivity contribution >= 4 is 5.97 Å². The number of unbranched alkanes of at least 4 members (excludes halogenated alkanes) is 8. The average molecular weight is 228 g/mol. The lowest BCUT2D eigenvalue weighted by atomic mass is 10.0. The molecule has 16 heavy (non-hydrogen) atoms. The third kappa shape index (κ3) is 10.0. The fraction of sp³-hybridized carbons (Fsp3) is 0.929. The van der Waals surface area contributed by atoms with Gasteiger partial charge < -0.3 is 5.11 Å². The molecule has 0 heterocycles. The first-order valence-corrected chi connectivity index (χ1v) is 6.91. The highest BCUT2D eigenvalue weighted by Crippen LogP contribution is 2.13. The number of carboxylic acid groups (broad SMARTS) is 1. The lowest BCUT2D eigenvalue weighted by Gasteiger charge is -2.05. The van der Waals surface area contributed by atoms with E-state index in [4.69, 9.17) is 5.11 Å². The predicted molar refractivity (Wildman–Crippen MR) is 68.6 cm³/mol. The molecule has 0 aliphatic heterocycles. The minimum absolute atomic E-state index is 0.162. The quantitative estimate of drug-likeness (QED) is 0.523. The van der Waals surface area contributed by atoms with E-state index >= 15 is 0 Å². The van der Waals surface area contributed by atoms with Crippen molar-refractivity contribution < 1.29 is 9.90 Å². The fourth-order valence-electron chi connectivity index (χ4n) is 1.88. The second-order valence-corrected chi connectivity index (χ2v) is 4.86. The zero-order chi connectivity index (χ0) is 12.2. The molecule has 0 saturated heterocycles. The topological polar surface area (TPSA) is 37.3 Å². The van der Waals surface area contributed by atoms with Crippen molar-refractivity contribution in [1.29, 1.82) is 0 Å². The van der Waals surface area contributed by atoms with E-state index in [1.54, 1.807) is 6.92 Å². The van der Waals surface area contributed by atoms with E-state index in [1.807, 2.05) is 0 Å². The molecule has 0 aromatic rings. The largest absolute Gasteiger partial charge is 0.481 e. The first-order valence-electron chi connectivity index (χ1n) is 6.91. The summed E-state index contributed by atoms with van der Waals surface area (Å²) >= 11 is 0. The molecule has 0 fully saturated rings. The van der Waals surface area contributed by atoms with Crippen LogP contribution in [0.25, 0.3) is 0 Å². The standard InChI is InChI=1S/C14H28O2/c1-3-4-5-6-7-8-9-10-11-12-13(2)14(15)16/h13H,3-12H2,1-2H3,(H,15,16). The molecule has 1 atom stereocenters. The highest BCUT2D eigenvalue weighted by molar-refractivity contribution is 5.69. The number of carbonyl (C=O) groups is 1. The Hall–Kier alpha value is -0.530. The Morgan fingerprint density at radius 1 is 0.938 bits per heavy atom. The van der Waals surface area contributed by atoms with Crippen LogP contribution in [0.5, 0.6) is 0 Å². The molecule has 0 rings (SSSR count). The number of carboxylic acids is 1. The SMILES string of the molecule is CCCCCCCCCCCC(C)C(=O)O. The average Bonchev–Trinajstić information content (AvgIpc) is 2.26. The zero-order valence-corrected chi connectivity index (χ0v) is 11.0. The van der Waals surface area contributed by atoms with Crippen molar-refractivity contribution in [1.82, 2.24) is 0 Å². The van der Waals surface area contributed by atoms with E-state index in [0.717, 1.165) is 12.8 Å². The predicted octanol–water partition coefficient (Wildman–Crippen LogP) is 4.63. The summed E-state index contributed by atoms with van der Waals surface area (Å²) < 4.78 is 0. The Kier molecular flexibility index (Phi) is 10.6. The van der Waals surface area contributed by atoms with Gasteiger partial charge in [0.25, 0.3) is 0 Å². The molecule has 96 valence electrons. The number of rotatable bonds is 11. The lowest BCUT2D eigenvalue weighted by Crippen LogP contribution is -2.08. The van der Waals surface area contributed by atoms with E-state index in [0.29, 0.717) is 0 Å². The van der Waals surface area contributed by atoms with Crippen LogP contribution >= 0.6 is 0 Å². The molecule has 0 aliphatic carbocycles. The van der Waals surface area contributed by atoms with E-state index in [9.17, 15) is 4.79 Å². The maximum absolute atomic E-state index is 10.6. The Morgan fingerprint density at radius 2 is 1.38 bits per heavy atom. The summed E-state index contributed by atoms with van der Waals surface area (Å²) in [4.78, 5) is 10.6. The summed E-state index contributed by atoms with van der Waals surface area (Å²) in [6.45, 7) is 4.04. The molecule has 0 aromatic carbocycles. The van der Waals surface area contributed by atoms with Gasteiger partial charge in [0.2, 0.25) is 0 Å². The van der Waals surface area contributed by atoms with Crippen molar-refractivity contribution in [2.24, 2.45) is 5.92 Å². The second-order valence-electron chi connectivity index (χ2n) is 4.86. The van der Waals surface area contributed by atoms with Gasteiger partial charge in [-0.15, -0.1) is 0 Å². The van der Waals surface area contributed by atoms with Crippen LogP contribution in [0.15, 0.2) is 0 Å². The van der Waals surface area contributed by atoms with Crippen LogP contribution in [0.4, 0.5) is 0 Å². The third-order valence-corrected chi connectivity index (χ3v) is 3.16. The van der Waals surface area contributed by atoms with Gasteiger partial charge in [0.05, 0.1) is 5.92 Å². The normalized spacial score (nSPS) is 12.6. The summed E-state index contributed by atoms with van der Waals surface area (Å²) in [5.74, 6) is -0.816. The molecule has 2 nitrogen and oxygen atoms in total. The molecule has 0 bridgehead atoms. The summed E-state index contributed by atoms with van der Waals surface area (Å²) in [6, 6.07) is 0. The molecular weight excluding hydrogens is 200 g/mol. The van der Waals surface area contributed by atoms with Crippen LogP contribution in [-0.4, -0.2) is 11.1 Å². The third-order valence-electron chi connectivity index (χ3n) is 3.16. The van der Waals surface area contributed by atoms with Gasteiger partial charge in [-0.2, -0.15) is 0 Å². The van der Waals surface area contributed by atoms with Gasteiger partial charge >= 0.3 is 5.97 Å². The van der Waals surface area contributed by atoms with Crippen molar-refractivity contribution in [2.45, 2.75) is 78.1 Å². The molecule has 0 saturated carbocycles. The van der Waals surface area contributed by atoms with E-state index < -0.39 is 5.97 Å². The summed E-state index contributed by atoms with van der Waals surface area (Å²) in [5, 5.41) is 8.71. The van der Waals surface area contributed by atoms with Crippen LogP contribution in [0.3, 0.4) is 0 Å². The zero-order valence-electron chi connectivity index (χ0n) is 11.0. The minimum atomic E-state index is -0.653. The summed E-state index contributed by atoms with van der Waals surface area (Å²) in [6.07, 6.45) is 12.5. The molecule has 0 spiro atoms. The van der Waals surface area contributed by atoms with Gasteiger partial charge in [-0.25, -0.2) is 0 Å². The van der Waals surface area contributed by atoms with Gasteiger partial charge in [0.15, 0.2) is 0 Å². The smallest absolute Gasteiger partial charge is 0.306 e. The molecular formula is C14H28O2. The molecule has 0 radical (unpaired) electrons. The first kappa shape index (κ1) is 15.5. The molecule has 2 heteroatoms. The molecule has 1 N–H and O–H groups in total. The summed E-state index contributed by atoms with van der Waals surface area (Å²) in [7, 11) is 0. The van der Waals surface area contributed by atoms with E-state index in [-0.39, 0.29) is 5.92 Å². The fourth-order valence-corrected chi connectivity index (χ4v) is 1.88. The van der Waals surface area contributed by atoms with Gasteiger partial charge in [-0.3, -0.25) is 4.79 Å². The van der Waals surface area contributed by atoms with Crippen molar-refractivity contribution in [3.8, 4) is 0 Å². The Labute approximate surface area is 100 Å². The van der Waals surface area contributed by atoms with Crippen LogP contribution in [-0.2, 0) is 4.79 Å². The number of hydrogen-bond donors (Lipinski definition) is 1. The van der Waals surface area contributed by atoms with Crippen LogP contribution in [0.2, 0.25) is 0 Å². The van der Waals surface area contributed by atoms with Crippen LogP contribution in [0, 0.1) is 5.92 Å². The lowest BCUT2D eigenvalue weighted by molar-refractivity contribution is -0.141. The molecule has 1 unspecified atom stereocenters. The first-order chi connectivity index (χ1) is 7.68. The van der Waals surface area contributed by atoms with Crippen molar-refractivity contribution in [3.05, 3.63) is 0 Å². The minimum Gasteiger partial charge on any atom is -0.481 e. The Balaban J connectivity index is 3.07. The van der Waals surface area contributed by atoms with E-state index in [1.165, 1.54) is 51.4 Å². The maximum Gasteiger partial charge on any atom is 0.306 e. The van der Waals surface area contributed by atoms with Crippen LogP contribution in [0.1, 0.15) is 78.1 Å². The number of aliphatic carboxylic acids is 1. The Morgan fingerprint density at radius 3 is 1.81 bits per heavy atom. The highest BCUT2D eigenvalue weighted by atomic mass is 16.4. The Bertz CT molecular complexity index is 166. The van der Waals surface area contributed by atoms with Crippen molar-refractivity contribution in [2.75, 3.05) is 0 Å². The summed E-state index contributed by atoms with van der Waals surface area (Å²) in [5.41, 5.74) is 0. The van der Waals surface area contributed by atoms with Gasteiger partial charge in [0, 0.05) is 0 Å². The molecule has 0 amide bonds. The van der Waals surface area contributed by atoms with Gasteiger partial charge in [-0.1, -0.05) is 71.6 Å². The van der Waals surface area contributed by atoms with Gasteiger partial charge in [0.1, 0.15) is 0 Å². The van der Waals surface area contributed by atoms with Crippen LogP contribution < -0.4 is 0 Å². The van der Waals surface area contributed by atoms with Gasteiger partial charge in [-0.05, 0) is 6.42 Å². The number of hydrogen-bond acceptors (Lipinski definition) is 1. The van der Waals surface area contributed by atoms with E-state index in [2.05, 4.69) is 6.92 Å². The highest BCUT2D eigenvalue weighted by Gasteiger charge is 2.09. The van der Waals surface area contributed by atoms with Crippen molar-refractivity contribution in [3.63, 3.8) is 0 Å². The monoisotopic (exact) mass is 228 g/mol. The molecule has 0 aliphatic rings.